The van der Waals surface area contributed by atoms with Crippen molar-refractivity contribution in [2.45, 2.75) is 44.2 Å². The number of likely N-dealkylation sites (tertiary alicyclic amines) is 1. The molecule has 0 N–H and O–H groups in total. The summed E-state index contributed by atoms with van der Waals surface area (Å²) in [6, 6.07) is 10.4. The fraction of sp³-hybridized carbons (Fsp3) is 0.391. The van der Waals surface area contributed by atoms with E-state index in [4.69, 9.17) is 16.0 Å². The molecule has 4 rings (SSSR count). The predicted octanol–water partition coefficient (Wildman–Crippen LogP) is 6.40. The summed E-state index contributed by atoms with van der Waals surface area (Å²) >= 11 is 6.01. The minimum absolute atomic E-state index is 0.00944. The summed E-state index contributed by atoms with van der Waals surface area (Å²) in [7, 11) is 0. The molecule has 164 valence electrons. The van der Waals surface area contributed by atoms with Gasteiger partial charge in [-0.15, -0.1) is 0 Å². The Labute approximate surface area is 183 Å². The van der Waals surface area contributed by atoms with E-state index in [2.05, 4.69) is 4.98 Å². The lowest BCUT2D eigenvalue weighted by Gasteiger charge is -2.31. The normalized spacial score (nSPS) is 16.6. The lowest BCUT2D eigenvalue weighted by Crippen LogP contribution is -2.38. The van der Waals surface area contributed by atoms with E-state index in [1.165, 1.54) is 12.1 Å². The third-order valence-corrected chi connectivity index (χ3v) is 6.09. The molecule has 8 heteroatoms. The molecule has 1 aliphatic rings. The Morgan fingerprint density at radius 1 is 1.19 bits per heavy atom. The van der Waals surface area contributed by atoms with Crippen LogP contribution in [0, 0.1) is 0 Å². The number of rotatable bonds is 4. The number of fused-ring (bicyclic) bond motifs is 1. The summed E-state index contributed by atoms with van der Waals surface area (Å²) in [6.45, 7) is 3.06. The van der Waals surface area contributed by atoms with Crippen molar-refractivity contribution in [1.29, 1.82) is 0 Å². The average Bonchev–Trinajstić information content (AvgIpc) is 3.16. The zero-order chi connectivity index (χ0) is 22.2. The SMILES string of the molecule is CC(CC(=O)N1CCC(c2nc3cc(Cl)ccc3o2)CC1)c1ccc(C(F)(F)F)cc1. The molecule has 1 aromatic heterocycles. The minimum Gasteiger partial charge on any atom is -0.440 e. The van der Waals surface area contributed by atoms with Gasteiger partial charge < -0.3 is 9.32 Å². The average molecular weight is 451 g/mol. The zero-order valence-corrected chi connectivity index (χ0v) is 17.7. The van der Waals surface area contributed by atoms with E-state index in [1.807, 2.05) is 11.8 Å². The van der Waals surface area contributed by atoms with Crippen LogP contribution in [0.25, 0.3) is 11.1 Å². The maximum atomic E-state index is 12.7. The number of carbonyl (C=O) groups is 1. The Bertz CT molecular complexity index is 1070. The van der Waals surface area contributed by atoms with Crippen molar-refractivity contribution in [3.63, 3.8) is 0 Å². The third kappa shape index (κ3) is 4.87. The number of carbonyl (C=O) groups excluding carboxylic acids is 1. The molecule has 1 unspecified atom stereocenters. The summed E-state index contributed by atoms with van der Waals surface area (Å²) in [6.07, 6.45) is -2.60. The lowest BCUT2D eigenvalue weighted by molar-refractivity contribution is -0.137. The van der Waals surface area contributed by atoms with E-state index in [0.29, 0.717) is 29.6 Å². The van der Waals surface area contributed by atoms with Crippen LogP contribution < -0.4 is 0 Å². The van der Waals surface area contributed by atoms with Gasteiger partial charge in [-0.05, 0) is 54.7 Å². The van der Waals surface area contributed by atoms with Crippen LogP contribution in [0.5, 0.6) is 0 Å². The molecular weight excluding hydrogens is 429 g/mol. The van der Waals surface area contributed by atoms with Crippen LogP contribution in [0.2, 0.25) is 5.02 Å². The van der Waals surface area contributed by atoms with Gasteiger partial charge in [0.05, 0.1) is 5.56 Å². The number of hydrogen-bond acceptors (Lipinski definition) is 3. The van der Waals surface area contributed by atoms with Crippen molar-refractivity contribution >= 4 is 28.6 Å². The quantitative estimate of drug-likeness (QED) is 0.462. The highest BCUT2D eigenvalue weighted by Crippen LogP contribution is 2.33. The van der Waals surface area contributed by atoms with Gasteiger partial charge in [0.2, 0.25) is 5.91 Å². The first-order chi connectivity index (χ1) is 14.7. The van der Waals surface area contributed by atoms with Crippen molar-refractivity contribution < 1.29 is 22.4 Å². The second-order valence-corrected chi connectivity index (χ2v) is 8.48. The number of hydrogen-bond donors (Lipinski definition) is 0. The molecule has 31 heavy (non-hydrogen) atoms. The largest absolute Gasteiger partial charge is 0.440 e. The topological polar surface area (TPSA) is 46.3 Å². The van der Waals surface area contributed by atoms with Crippen LogP contribution in [0.3, 0.4) is 0 Å². The standard InChI is InChI=1S/C23H22ClF3N2O2/c1-14(15-2-4-17(5-3-15)23(25,26)27)12-21(30)29-10-8-16(9-11-29)22-28-19-13-18(24)6-7-20(19)31-22/h2-7,13-14,16H,8-12H2,1H3. The summed E-state index contributed by atoms with van der Waals surface area (Å²) in [5.41, 5.74) is 1.47. The molecule has 0 bridgehead atoms. The fourth-order valence-corrected chi connectivity index (χ4v) is 4.14. The van der Waals surface area contributed by atoms with Crippen molar-refractivity contribution in [3.8, 4) is 0 Å². The number of amides is 1. The monoisotopic (exact) mass is 450 g/mol. The molecule has 1 amide bonds. The van der Waals surface area contributed by atoms with Crippen molar-refractivity contribution in [3.05, 3.63) is 64.5 Å². The highest BCUT2D eigenvalue weighted by molar-refractivity contribution is 6.31. The molecule has 0 spiro atoms. The van der Waals surface area contributed by atoms with E-state index >= 15 is 0 Å². The van der Waals surface area contributed by atoms with Crippen LogP contribution in [-0.4, -0.2) is 28.9 Å². The van der Waals surface area contributed by atoms with Gasteiger partial charge >= 0.3 is 6.18 Å². The van der Waals surface area contributed by atoms with Gasteiger partial charge in [0.1, 0.15) is 5.52 Å². The first kappa shape index (κ1) is 21.7. The molecule has 0 radical (unpaired) electrons. The van der Waals surface area contributed by atoms with Crippen LogP contribution >= 0.6 is 11.6 Å². The Balaban J connectivity index is 1.33. The summed E-state index contributed by atoms with van der Waals surface area (Å²) in [5, 5.41) is 0.606. The van der Waals surface area contributed by atoms with Gasteiger partial charge in [-0.2, -0.15) is 13.2 Å². The van der Waals surface area contributed by atoms with Crippen LogP contribution in [0.15, 0.2) is 46.9 Å². The van der Waals surface area contributed by atoms with Gasteiger partial charge in [0.15, 0.2) is 11.5 Å². The molecular formula is C23H22ClF3N2O2. The maximum absolute atomic E-state index is 12.7. The molecule has 2 heterocycles. The second kappa shape index (κ2) is 8.54. The number of nitrogens with zero attached hydrogens (tertiary/aromatic N) is 2. The molecule has 0 aliphatic carbocycles. The Morgan fingerprint density at radius 3 is 2.52 bits per heavy atom. The first-order valence-corrected chi connectivity index (χ1v) is 10.6. The molecule has 1 fully saturated rings. The van der Waals surface area contributed by atoms with Crippen LogP contribution in [0.4, 0.5) is 13.2 Å². The molecule has 2 aromatic carbocycles. The second-order valence-electron chi connectivity index (χ2n) is 8.04. The smallest absolute Gasteiger partial charge is 0.416 e. The molecule has 3 aromatic rings. The van der Waals surface area contributed by atoms with E-state index < -0.39 is 11.7 Å². The maximum Gasteiger partial charge on any atom is 0.416 e. The van der Waals surface area contributed by atoms with Crippen molar-refractivity contribution in [2.24, 2.45) is 0 Å². The number of alkyl halides is 3. The highest BCUT2D eigenvalue weighted by atomic mass is 35.5. The lowest BCUT2D eigenvalue weighted by atomic mass is 9.93. The minimum atomic E-state index is -4.36. The van der Waals surface area contributed by atoms with E-state index in [1.54, 1.807) is 18.2 Å². The van der Waals surface area contributed by atoms with Gasteiger partial charge in [-0.3, -0.25) is 4.79 Å². The summed E-state index contributed by atoms with van der Waals surface area (Å²) in [5.74, 6) is 0.662. The summed E-state index contributed by atoms with van der Waals surface area (Å²) in [4.78, 5) is 19.1. The predicted molar refractivity (Wildman–Crippen MR) is 112 cm³/mol. The number of halogens is 4. The molecule has 1 atom stereocenters. The third-order valence-electron chi connectivity index (χ3n) is 5.85. The van der Waals surface area contributed by atoms with Gasteiger partial charge in [-0.25, -0.2) is 4.98 Å². The zero-order valence-electron chi connectivity index (χ0n) is 17.0. The van der Waals surface area contributed by atoms with Gasteiger partial charge in [0.25, 0.3) is 0 Å². The van der Waals surface area contributed by atoms with Crippen LogP contribution in [0.1, 0.15) is 55.0 Å². The Hall–Kier alpha value is -2.54. The van der Waals surface area contributed by atoms with Crippen molar-refractivity contribution in [2.75, 3.05) is 13.1 Å². The fourth-order valence-electron chi connectivity index (χ4n) is 3.98. The molecule has 0 saturated carbocycles. The van der Waals surface area contributed by atoms with Crippen LogP contribution in [-0.2, 0) is 11.0 Å². The van der Waals surface area contributed by atoms with E-state index in [-0.39, 0.29) is 24.2 Å². The van der Waals surface area contributed by atoms with E-state index in [0.717, 1.165) is 36.1 Å². The number of piperidine rings is 1. The highest BCUT2D eigenvalue weighted by Gasteiger charge is 2.31. The van der Waals surface area contributed by atoms with E-state index in [9.17, 15) is 18.0 Å². The Kier molecular flexibility index (Phi) is 5.97. The number of oxazole rings is 1. The molecule has 4 nitrogen and oxygen atoms in total. The Morgan fingerprint density at radius 2 is 1.87 bits per heavy atom. The van der Waals surface area contributed by atoms with Crippen molar-refractivity contribution in [1.82, 2.24) is 9.88 Å². The molecule has 1 aliphatic heterocycles. The molecule has 1 saturated heterocycles. The van der Waals surface area contributed by atoms with Gasteiger partial charge in [-0.1, -0.05) is 30.7 Å². The summed E-state index contributed by atoms with van der Waals surface area (Å²) < 4.78 is 44.0. The van der Waals surface area contributed by atoms with Gasteiger partial charge in [0, 0.05) is 30.5 Å². The first-order valence-electron chi connectivity index (χ1n) is 10.2. The number of benzene rings is 2. The number of aromatic nitrogens is 1.